The zero-order valence-electron chi connectivity index (χ0n) is 13.5. The fourth-order valence-electron chi connectivity index (χ4n) is 3.30. The van der Waals surface area contributed by atoms with E-state index >= 15 is 0 Å². The fourth-order valence-corrected chi connectivity index (χ4v) is 3.30. The molecule has 1 aliphatic carbocycles. The lowest BCUT2D eigenvalue weighted by Crippen LogP contribution is -2.41. The average molecular weight is 298 g/mol. The molecule has 5 heteroatoms. The molecule has 1 N–H and O–H groups in total. The maximum Gasteiger partial charge on any atom is 0.223 e. The smallest absolute Gasteiger partial charge is 0.223 e. The third-order valence-corrected chi connectivity index (χ3v) is 4.78. The Morgan fingerprint density at radius 2 is 1.81 bits per heavy atom. The highest BCUT2D eigenvalue weighted by molar-refractivity contribution is 5.78. The minimum atomic E-state index is -0.362. The molecule has 2 aliphatic rings. The number of rotatable bonds is 7. The second-order valence-corrected chi connectivity index (χ2v) is 6.05. The molecule has 1 spiro atoms. The van der Waals surface area contributed by atoms with Crippen LogP contribution in [-0.2, 0) is 14.3 Å². The Kier molecular flexibility index (Phi) is 6.45. The molecule has 0 aromatic rings. The zero-order chi connectivity index (χ0) is 15.1. The van der Waals surface area contributed by atoms with Gasteiger partial charge in [-0.3, -0.25) is 4.79 Å². The number of nitrogens with one attached hydrogen (secondary N) is 1. The maximum atomic E-state index is 12.2. The molecule has 1 heterocycles. The molecule has 1 aliphatic heterocycles. The lowest BCUT2D eigenvalue weighted by Gasteiger charge is -2.34. The molecule has 2 fully saturated rings. The van der Waals surface area contributed by atoms with Crippen LogP contribution in [0.3, 0.4) is 0 Å². The lowest BCUT2D eigenvalue weighted by molar-refractivity contribution is -0.183. The molecule has 5 nitrogen and oxygen atoms in total. The van der Waals surface area contributed by atoms with E-state index in [0.717, 1.165) is 58.3 Å². The number of carbonyl (C=O) groups is 1. The summed E-state index contributed by atoms with van der Waals surface area (Å²) in [7, 11) is 0. The normalized spacial score (nSPS) is 22.0. The highest BCUT2D eigenvalue weighted by Crippen LogP contribution is 2.38. The Morgan fingerprint density at radius 3 is 2.38 bits per heavy atom. The molecular formula is C16H30N2O3. The maximum absolute atomic E-state index is 12.2. The van der Waals surface area contributed by atoms with Gasteiger partial charge in [0, 0.05) is 25.3 Å². The van der Waals surface area contributed by atoms with Crippen molar-refractivity contribution in [3.63, 3.8) is 0 Å². The molecule has 2 rings (SSSR count). The Morgan fingerprint density at radius 1 is 1.19 bits per heavy atom. The third-order valence-electron chi connectivity index (χ3n) is 4.78. The van der Waals surface area contributed by atoms with Crippen LogP contribution in [-0.4, -0.2) is 56.0 Å². The van der Waals surface area contributed by atoms with Crippen molar-refractivity contribution < 1.29 is 14.3 Å². The van der Waals surface area contributed by atoms with Crippen LogP contribution in [0.15, 0.2) is 0 Å². The van der Waals surface area contributed by atoms with Crippen molar-refractivity contribution in [3.05, 3.63) is 0 Å². The molecule has 0 radical (unpaired) electrons. The first kappa shape index (κ1) is 16.7. The van der Waals surface area contributed by atoms with Gasteiger partial charge in [-0.2, -0.15) is 0 Å². The third kappa shape index (κ3) is 4.66. The Balaban J connectivity index is 1.61. The predicted octanol–water partition coefficient (Wildman–Crippen LogP) is 1.77. The van der Waals surface area contributed by atoms with Gasteiger partial charge in [-0.1, -0.05) is 13.8 Å². The minimum Gasteiger partial charge on any atom is -0.356 e. The Hall–Kier alpha value is -0.650. The molecule has 122 valence electrons. The summed E-state index contributed by atoms with van der Waals surface area (Å²) in [5, 5.41) is 3.09. The lowest BCUT2D eigenvalue weighted by atomic mass is 9.84. The van der Waals surface area contributed by atoms with E-state index in [4.69, 9.17) is 9.47 Å². The number of ether oxygens (including phenoxy) is 2. The molecule has 1 saturated carbocycles. The summed E-state index contributed by atoms with van der Waals surface area (Å²) in [5.74, 6) is -0.0150. The van der Waals surface area contributed by atoms with Gasteiger partial charge in [-0.05, 0) is 38.9 Å². The number of carbonyl (C=O) groups excluding carboxylic acids is 1. The van der Waals surface area contributed by atoms with Crippen LogP contribution in [0.5, 0.6) is 0 Å². The SMILES string of the molecule is CCN(CC)CCCNC(=O)C1CCC2(CC1)OCCO2. The molecule has 0 aromatic heterocycles. The van der Waals surface area contributed by atoms with Crippen molar-refractivity contribution in [2.24, 2.45) is 5.92 Å². The molecule has 1 amide bonds. The van der Waals surface area contributed by atoms with E-state index in [-0.39, 0.29) is 17.6 Å². The number of hydrogen-bond donors (Lipinski definition) is 1. The Labute approximate surface area is 128 Å². The van der Waals surface area contributed by atoms with Crippen LogP contribution in [0.1, 0.15) is 46.0 Å². The molecule has 1 saturated heterocycles. The Bertz CT molecular complexity index is 315. The van der Waals surface area contributed by atoms with Gasteiger partial charge in [-0.25, -0.2) is 0 Å². The first-order valence-electron chi connectivity index (χ1n) is 8.47. The highest BCUT2D eigenvalue weighted by atomic mass is 16.7. The van der Waals surface area contributed by atoms with E-state index in [1.54, 1.807) is 0 Å². The molecule has 0 unspecified atom stereocenters. The highest BCUT2D eigenvalue weighted by Gasteiger charge is 2.41. The van der Waals surface area contributed by atoms with Gasteiger partial charge >= 0.3 is 0 Å². The van der Waals surface area contributed by atoms with Gasteiger partial charge in [-0.15, -0.1) is 0 Å². The van der Waals surface area contributed by atoms with Crippen molar-refractivity contribution in [2.45, 2.75) is 51.7 Å². The second-order valence-electron chi connectivity index (χ2n) is 6.05. The second kappa shape index (κ2) is 8.11. The molecule has 0 atom stereocenters. The van der Waals surface area contributed by atoms with Crippen LogP contribution in [0, 0.1) is 5.92 Å². The van der Waals surface area contributed by atoms with Crippen LogP contribution < -0.4 is 5.32 Å². The van der Waals surface area contributed by atoms with Crippen LogP contribution in [0.25, 0.3) is 0 Å². The summed E-state index contributed by atoms with van der Waals surface area (Å²) in [5.41, 5.74) is 0. The first-order chi connectivity index (χ1) is 10.2. The van der Waals surface area contributed by atoms with E-state index in [0.29, 0.717) is 13.2 Å². The summed E-state index contributed by atoms with van der Waals surface area (Å²) in [6, 6.07) is 0. The van der Waals surface area contributed by atoms with E-state index in [1.807, 2.05) is 0 Å². The summed E-state index contributed by atoms with van der Waals surface area (Å²) in [4.78, 5) is 14.6. The topological polar surface area (TPSA) is 50.8 Å². The minimum absolute atomic E-state index is 0.136. The van der Waals surface area contributed by atoms with Crippen LogP contribution >= 0.6 is 0 Å². The summed E-state index contributed by atoms with van der Waals surface area (Å²) in [6.45, 7) is 9.74. The number of nitrogens with zero attached hydrogens (tertiary/aromatic N) is 1. The van der Waals surface area contributed by atoms with Gasteiger partial charge < -0.3 is 19.7 Å². The van der Waals surface area contributed by atoms with Crippen molar-refractivity contribution in [2.75, 3.05) is 39.4 Å². The van der Waals surface area contributed by atoms with Gasteiger partial charge in [0.05, 0.1) is 13.2 Å². The van der Waals surface area contributed by atoms with E-state index in [9.17, 15) is 4.79 Å². The number of amides is 1. The monoisotopic (exact) mass is 298 g/mol. The summed E-state index contributed by atoms with van der Waals surface area (Å²) >= 11 is 0. The zero-order valence-corrected chi connectivity index (χ0v) is 13.5. The van der Waals surface area contributed by atoms with E-state index < -0.39 is 0 Å². The molecule has 21 heavy (non-hydrogen) atoms. The first-order valence-corrected chi connectivity index (χ1v) is 8.47. The van der Waals surface area contributed by atoms with Crippen molar-refractivity contribution in [3.8, 4) is 0 Å². The van der Waals surface area contributed by atoms with Crippen molar-refractivity contribution in [1.82, 2.24) is 10.2 Å². The van der Waals surface area contributed by atoms with Crippen LogP contribution in [0.4, 0.5) is 0 Å². The van der Waals surface area contributed by atoms with Gasteiger partial charge in [0.15, 0.2) is 5.79 Å². The predicted molar refractivity (Wildman–Crippen MR) is 82.0 cm³/mol. The summed E-state index contributed by atoms with van der Waals surface area (Å²) < 4.78 is 11.4. The largest absolute Gasteiger partial charge is 0.356 e. The molecule has 0 aromatic carbocycles. The quantitative estimate of drug-likeness (QED) is 0.728. The van der Waals surface area contributed by atoms with Crippen molar-refractivity contribution in [1.29, 1.82) is 0 Å². The summed E-state index contributed by atoms with van der Waals surface area (Å²) in [6.07, 6.45) is 4.48. The van der Waals surface area contributed by atoms with Crippen molar-refractivity contribution >= 4 is 5.91 Å². The standard InChI is InChI=1S/C16H30N2O3/c1-3-18(4-2)11-5-10-17-15(19)14-6-8-16(9-7-14)20-12-13-21-16/h14H,3-13H2,1-2H3,(H,17,19). The van der Waals surface area contributed by atoms with E-state index in [2.05, 4.69) is 24.1 Å². The molecular weight excluding hydrogens is 268 g/mol. The van der Waals surface area contributed by atoms with Gasteiger partial charge in [0.1, 0.15) is 0 Å². The van der Waals surface area contributed by atoms with Crippen LogP contribution in [0.2, 0.25) is 0 Å². The van der Waals surface area contributed by atoms with Gasteiger partial charge in [0.2, 0.25) is 5.91 Å². The fraction of sp³-hybridized carbons (Fsp3) is 0.938. The molecule has 0 bridgehead atoms. The number of hydrogen-bond acceptors (Lipinski definition) is 4. The average Bonchev–Trinajstić information content (AvgIpc) is 2.96. The van der Waals surface area contributed by atoms with E-state index in [1.165, 1.54) is 0 Å². The van der Waals surface area contributed by atoms with Gasteiger partial charge in [0.25, 0.3) is 0 Å².